The van der Waals surface area contributed by atoms with Crippen molar-refractivity contribution in [1.29, 1.82) is 0 Å². The largest absolute Gasteiger partial charge is 0.379 e. The molecule has 5 nitrogen and oxygen atoms in total. The normalized spacial score (nSPS) is 23.0. The number of hydrogen-bond acceptors (Lipinski definition) is 5. The topological polar surface area (TPSA) is 50.3 Å². The maximum atomic E-state index is 5.46. The second kappa shape index (κ2) is 9.44. The highest BCUT2D eigenvalue weighted by molar-refractivity contribution is 4.97. The van der Waals surface area contributed by atoms with E-state index < -0.39 is 0 Å². The van der Waals surface area contributed by atoms with Gasteiger partial charge in [-0.05, 0) is 25.3 Å². The molecular weight excluding hydrogens is 300 g/mol. The molecule has 1 aromatic heterocycles. The van der Waals surface area contributed by atoms with Gasteiger partial charge in [0.25, 0.3) is 0 Å². The number of nitrogens with one attached hydrogen (secondary N) is 1. The van der Waals surface area contributed by atoms with Crippen LogP contribution in [0.2, 0.25) is 0 Å². The summed E-state index contributed by atoms with van der Waals surface area (Å²) in [5.74, 6) is 1.77. The molecular formula is C19H32N4O. The summed E-state index contributed by atoms with van der Waals surface area (Å²) in [4.78, 5) is 11.6. The summed E-state index contributed by atoms with van der Waals surface area (Å²) >= 11 is 0. The molecule has 0 spiro atoms. The van der Waals surface area contributed by atoms with Crippen LogP contribution >= 0.6 is 0 Å². The lowest BCUT2D eigenvalue weighted by molar-refractivity contribution is 0.0196. The Bertz CT molecular complexity index is 458. The van der Waals surface area contributed by atoms with Gasteiger partial charge in [-0.1, -0.05) is 32.1 Å². The van der Waals surface area contributed by atoms with Crippen molar-refractivity contribution in [2.24, 2.45) is 5.92 Å². The Morgan fingerprint density at radius 1 is 1.17 bits per heavy atom. The first-order chi connectivity index (χ1) is 11.8. The van der Waals surface area contributed by atoms with Crippen molar-refractivity contribution in [3.05, 3.63) is 24.3 Å². The molecule has 0 aromatic carbocycles. The van der Waals surface area contributed by atoms with Gasteiger partial charge in [-0.2, -0.15) is 0 Å². The van der Waals surface area contributed by atoms with Gasteiger partial charge in [0.15, 0.2) is 0 Å². The van der Waals surface area contributed by atoms with Crippen LogP contribution in [-0.2, 0) is 4.74 Å². The van der Waals surface area contributed by atoms with Gasteiger partial charge in [0.1, 0.15) is 5.82 Å². The van der Waals surface area contributed by atoms with Gasteiger partial charge in [-0.3, -0.25) is 4.90 Å². The number of hydrogen-bond donors (Lipinski definition) is 1. The molecule has 1 aromatic rings. The molecule has 2 heterocycles. The Labute approximate surface area is 146 Å². The lowest BCUT2D eigenvalue weighted by Crippen LogP contribution is -2.47. The molecule has 0 amide bonds. The fourth-order valence-corrected chi connectivity index (χ4v) is 3.99. The molecule has 24 heavy (non-hydrogen) atoms. The van der Waals surface area contributed by atoms with Crippen molar-refractivity contribution in [3.63, 3.8) is 0 Å². The van der Waals surface area contributed by atoms with E-state index in [4.69, 9.17) is 4.74 Å². The molecule has 2 atom stereocenters. The van der Waals surface area contributed by atoms with E-state index in [-0.39, 0.29) is 6.04 Å². The Morgan fingerprint density at radius 3 is 2.58 bits per heavy atom. The van der Waals surface area contributed by atoms with E-state index in [1.54, 1.807) is 0 Å². The Hall–Kier alpha value is -1.04. The van der Waals surface area contributed by atoms with Gasteiger partial charge in [0.2, 0.25) is 0 Å². The Morgan fingerprint density at radius 2 is 1.88 bits per heavy atom. The third-order valence-corrected chi connectivity index (χ3v) is 5.52. The first kappa shape index (κ1) is 17.8. The SMILES string of the molecule is CC(CNC(CC1CCCCC1)c1ncccn1)N1CCOCC1. The van der Waals surface area contributed by atoms with Crippen LogP contribution in [0, 0.1) is 5.92 Å². The van der Waals surface area contributed by atoms with Crippen LogP contribution in [-0.4, -0.2) is 53.8 Å². The highest BCUT2D eigenvalue weighted by Gasteiger charge is 2.23. The zero-order chi connectivity index (χ0) is 16.6. The van der Waals surface area contributed by atoms with Crippen molar-refractivity contribution in [2.45, 2.75) is 57.5 Å². The second-order valence-corrected chi connectivity index (χ2v) is 7.30. The van der Waals surface area contributed by atoms with Gasteiger partial charge in [-0.15, -0.1) is 0 Å². The smallest absolute Gasteiger partial charge is 0.145 e. The molecule has 0 bridgehead atoms. The van der Waals surface area contributed by atoms with E-state index >= 15 is 0 Å². The molecule has 5 heteroatoms. The minimum Gasteiger partial charge on any atom is -0.379 e. The zero-order valence-corrected chi connectivity index (χ0v) is 15.0. The number of ether oxygens (including phenoxy) is 1. The first-order valence-corrected chi connectivity index (χ1v) is 9.65. The molecule has 1 N–H and O–H groups in total. The van der Waals surface area contributed by atoms with Crippen molar-refractivity contribution in [3.8, 4) is 0 Å². The predicted octanol–water partition coefficient (Wildman–Crippen LogP) is 2.80. The van der Waals surface area contributed by atoms with Crippen molar-refractivity contribution in [2.75, 3.05) is 32.8 Å². The van der Waals surface area contributed by atoms with Crippen LogP contribution < -0.4 is 5.32 Å². The molecule has 1 aliphatic heterocycles. The minimum atomic E-state index is 0.276. The summed E-state index contributed by atoms with van der Waals surface area (Å²) in [6.45, 7) is 7.09. The van der Waals surface area contributed by atoms with E-state index in [0.29, 0.717) is 6.04 Å². The molecule has 2 aliphatic rings. The molecule has 0 radical (unpaired) electrons. The van der Waals surface area contributed by atoms with Crippen LogP contribution in [0.1, 0.15) is 57.3 Å². The van der Waals surface area contributed by atoms with E-state index in [1.807, 2.05) is 18.5 Å². The number of aromatic nitrogens is 2. The number of morpholine rings is 1. The molecule has 1 saturated heterocycles. The lowest BCUT2D eigenvalue weighted by atomic mass is 9.84. The van der Waals surface area contributed by atoms with Gasteiger partial charge in [0, 0.05) is 38.1 Å². The maximum absolute atomic E-state index is 5.46. The van der Waals surface area contributed by atoms with Crippen LogP contribution in [0.5, 0.6) is 0 Å². The summed E-state index contributed by atoms with van der Waals surface area (Å²) in [5, 5.41) is 3.77. The molecule has 2 fully saturated rings. The van der Waals surface area contributed by atoms with Crippen LogP contribution in [0.3, 0.4) is 0 Å². The van der Waals surface area contributed by atoms with E-state index in [1.165, 1.54) is 38.5 Å². The quantitative estimate of drug-likeness (QED) is 0.832. The molecule has 3 rings (SSSR count). The van der Waals surface area contributed by atoms with Gasteiger partial charge in [0.05, 0.1) is 19.3 Å². The van der Waals surface area contributed by atoms with Crippen molar-refractivity contribution in [1.82, 2.24) is 20.2 Å². The monoisotopic (exact) mass is 332 g/mol. The Balaban J connectivity index is 1.56. The maximum Gasteiger partial charge on any atom is 0.145 e. The van der Waals surface area contributed by atoms with Gasteiger partial charge >= 0.3 is 0 Å². The van der Waals surface area contributed by atoms with Crippen LogP contribution in [0.15, 0.2) is 18.5 Å². The zero-order valence-electron chi connectivity index (χ0n) is 15.0. The van der Waals surface area contributed by atoms with Crippen molar-refractivity contribution >= 4 is 0 Å². The Kier molecular flexibility index (Phi) is 6.99. The van der Waals surface area contributed by atoms with E-state index in [9.17, 15) is 0 Å². The van der Waals surface area contributed by atoms with Crippen LogP contribution in [0.4, 0.5) is 0 Å². The molecule has 2 unspecified atom stereocenters. The van der Waals surface area contributed by atoms with Crippen LogP contribution in [0.25, 0.3) is 0 Å². The number of rotatable bonds is 7. The fraction of sp³-hybridized carbons (Fsp3) is 0.789. The standard InChI is InChI=1S/C19H32N4O/c1-16(23-10-12-24-13-11-23)15-22-18(19-20-8-5-9-21-19)14-17-6-3-2-4-7-17/h5,8-9,16-18,22H,2-4,6-7,10-15H2,1H3. The summed E-state index contributed by atoms with van der Waals surface area (Å²) in [6.07, 6.45) is 11.8. The van der Waals surface area contributed by atoms with E-state index in [2.05, 4.69) is 27.1 Å². The molecule has 1 saturated carbocycles. The van der Waals surface area contributed by atoms with Gasteiger partial charge < -0.3 is 10.1 Å². The highest BCUT2D eigenvalue weighted by atomic mass is 16.5. The third-order valence-electron chi connectivity index (χ3n) is 5.52. The minimum absolute atomic E-state index is 0.276. The second-order valence-electron chi connectivity index (χ2n) is 7.30. The number of nitrogens with zero attached hydrogens (tertiary/aromatic N) is 3. The van der Waals surface area contributed by atoms with Gasteiger partial charge in [-0.25, -0.2) is 9.97 Å². The van der Waals surface area contributed by atoms with E-state index in [0.717, 1.165) is 44.6 Å². The first-order valence-electron chi connectivity index (χ1n) is 9.65. The summed E-state index contributed by atoms with van der Waals surface area (Å²) < 4.78 is 5.46. The van der Waals surface area contributed by atoms with Crippen molar-refractivity contribution < 1.29 is 4.74 Å². The lowest BCUT2D eigenvalue weighted by Gasteiger charge is -2.34. The predicted molar refractivity (Wildman–Crippen MR) is 95.8 cm³/mol. The summed E-state index contributed by atoms with van der Waals surface area (Å²) in [5.41, 5.74) is 0. The average molecular weight is 332 g/mol. The summed E-state index contributed by atoms with van der Waals surface area (Å²) in [7, 11) is 0. The third kappa shape index (κ3) is 5.23. The summed E-state index contributed by atoms with van der Waals surface area (Å²) in [6, 6.07) is 2.70. The average Bonchev–Trinajstić information content (AvgIpc) is 2.67. The highest BCUT2D eigenvalue weighted by Crippen LogP contribution is 2.30. The fourth-order valence-electron chi connectivity index (χ4n) is 3.99. The molecule has 1 aliphatic carbocycles. The molecule has 134 valence electrons.